The highest BCUT2D eigenvalue weighted by Crippen LogP contribution is 2.42. The van der Waals surface area contributed by atoms with E-state index in [2.05, 4.69) is 15.3 Å². The number of hydrogen-bond donors (Lipinski definition) is 1. The molecule has 5 nitrogen and oxygen atoms in total. The van der Waals surface area contributed by atoms with Crippen molar-refractivity contribution in [1.29, 1.82) is 0 Å². The highest BCUT2D eigenvalue weighted by Gasteiger charge is 2.33. The van der Waals surface area contributed by atoms with E-state index in [1.165, 1.54) is 0 Å². The highest BCUT2D eigenvalue weighted by atomic mass is 35.5. The topological polar surface area (TPSA) is 50.2 Å². The second-order valence-electron chi connectivity index (χ2n) is 7.68. The van der Waals surface area contributed by atoms with E-state index >= 15 is 0 Å². The van der Waals surface area contributed by atoms with E-state index in [-0.39, 0.29) is 11.9 Å². The quantitative estimate of drug-likeness (QED) is 0.629. The predicted octanol–water partition coefficient (Wildman–Crippen LogP) is 4.44. The lowest BCUT2D eigenvalue weighted by molar-refractivity contribution is 0.0941. The van der Waals surface area contributed by atoms with E-state index in [9.17, 15) is 4.79 Å². The molecule has 3 aromatic rings. The van der Waals surface area contributed by atoms with Gasteiger partial charge in [0.25, 0.3) is 5.91 Å². The summed E-state index contributed by atoms with van der Waals surface area (Å²) in [5.41, 5.74) is 3.65. The van der Waals surface area contributed by atoms with E-state index < -0.39 is 0 Å². The van der Waals surface area contributed by atoms with Crippen molar-refractivity contribution in [3.63, 3.8) is 0 Å². The summed E-state index contributed by atoms with van der Waals surface area (Å²) < 4.78 is 1.91. The molecule has 150 valence electrons. The summed E-state index contributed by atoms with van der Waals surface area (Å²) in [6.07, 6.45) is 3.88. The molecule has 0 unspecified atom stereocenters. The third-order valence-electron chi connectivity index (χ3n) is 5.36. The van der Waals surface area contributed by atoms with Gasteiger partial charge in [-0.2, -0.15) is 5.10 Å². The SMILES string of the molecule is CN(C)[C@H](CNC(=O)c1cnn(-c2ccccc2)c1C1CC1)c1ccccc1Cl. The van der Waals surface area contributed by atoms with Crippen LogP contribution in [0.2, 0.25) is 5.02 Å². The lowest BCUT2D eigenvalue weighted by atomic mass is 10.1. The van der Waals surface area contributed by atoms with Crippen molar-refractivity contribution >= 4 is 17.5 Å². The van der Waals surface area contributed by atoms with Crippen molar-refractivity contribution in [2.75, 3.05) is 20.6 Å². The Balaban J connectivity index is 1.56. The van der Waals surface area contributed by atoms with Crippen LogP contribution in [0.25, 0.3) is 5.69 Å². The molecule has 1 aliphatic rings. The number of carbonyl (C=O) groups is 1. The molecule has 6 heteroatoms. The molecule has 2 aromatic carbocycles. The van der Waals surface area contributed by atoms with Crippen molar-refractivity contribution in [1.82, 2.24) is 20.0 Å². The molecular formula is C23H25ClN4O. The van der Waals surface area contributed by atoms with Gasteiger partial charge in [0.05, 0.1) is 29.2 Å². The van der Waals surface area contributed by atoms with Gasteiger partial charge in [0.2, 0.25) is 0 Å². The average molecular weight is 409 g/mol. The first kappa shape index (κ1) is 19.7. The van der Waals surface area contributed by atoms with Gasteiger partial charge in [-0.1, -0.05) is 48.0 Å². The molecule has 1 aromatic heterocycles. The molecule has 0 aliphatic heterocycles. The Hall–Kier alpha value is -2.63. The number of nitrogens with one attached hydrogen (secondary N) is 1. The number of nitrogens with zero attached hydrogens (tertiary/aromatic N) is 3. The number of halogens is 1. The molecule has 1 saturated carbocycles. The summed E-state index contributed by atoms with van der Waals surface area (Å²) >= 11 is 6.39. The Bertz CT molecular complexity index is 995. The molecule has 1 aliphatic carbocycles. The lowest BCUT2D eigenvalue weighted by Crippen LogP contribution is -2.35. The van der Waals surface area contributed by atoms with Crippen LogP contribution in [-0.4, -0.2) is 41.2 Å². The Morgan fingerprint density at radius 3 is 2.52 bits per heavy atom. The molecule has 1 atom stereocenters. The van der Waals surface area contributed by atoms with Gasteiger partial charge in [0.15, 0.2) is 0 Å². The monoisotopic (exact) mass is 408 g/mol. The number of aromatic nitrogens is 2. The maximum atomic E-state index is 13.1. The predicted molar refractivity (Wildman–Crippen MR) is 116 cm³/mol. The molecule has 1 fully saturated rings. The minimum absolute atomic E-state index is 0.0128. The number of para-hydroxylation sites is 1. The van der Waals surface area contributed by atoms with Crippen LogP contribution in [0.1, 0.15) is 46.4 Å². The standard InChI is InChI=1S/C23H25ClN4O/c1-27(2)21(18-10-6-7-11-20(18)24)15-25-23(29)19-14-26-28(22(19)16-12-13-16)17-8-4-3-5-9-17/h3-11,14,16,21H,12-13,15H2,1-2H3,(H,25,29)/t21-/m1/s1. The molecule has 1 heterocycles. The first-order valence-corrected chi connectivity index (χ1v) is 10.3. The molecule has 4 rings (SSSR count). The minimum Gasteiger partial charge on any atom is -0.350 e. The van der Waals surface area contributed by atoms with Crippen molar-refractivity contribution in [3.05, 3.63) is 82.6 Å². The largest absolute Gasteiger partial charge is 0.350 e. The zero-order chi connectivity index (χ0) is 20.4. The van der Waals surface area contributed by atoms with Crippen LogP contribution < -0.4 is 5.32 Å². The van der Waals surface area contributed by atoms with E-state index in [1.807, 2.05) is 73.4 Å². The normalized spacial score (nSPS) is 14.8. The van der Waals surface area contributed by atoms with Gasteiger partial charge >= 0.3 is 0 Å². The van der Waals surface area contributed by atoms with Gasteiger partial charge in [-0.15, -0.1) is 0 Å². The smallest absolute Gasteiger partial charge is 0.254 e. The molecule has 1 N–H and O–H groups in total. The van der Waals surface area contributed by atoms with Crippen LogP contribution in [0.3, 0.4) is 0 Å². The second-order valence-corrected chi connectivity index (χ2v) is 8.08. The van der Waals surface area contributed by atoms with E-state index in [0.29, 0.717) is 23.0 Å². The van der Waals surface area contributed by atoms with Crippen molar-refractivity contribution < 1.29 is 4.79 Å². The molecule has 29 heavy (non-hydrogen) atoms. The van der Waals surface area contributed by atoms with Crippen molar-refractivity contribution in [3.8, 4) is 5.69 Å². The second kappa shape index (κ2) is 8.39. The minimum atomic E-state index is -0.0898. The number of rotatable bonds is 7. The number of benzene rings is 2. The van der Waals surface area contributed by atoms with E-state index in [0.717, 1.165) is 29.8 Å². The fourth-order valence-corrected chi connectivity index (χ4v) is 3.92. The third-order valence-corrected chi connectivity index (χ3v) is 5.70. The maximum Gasteiger partial charge on any atom is 0.254 e. The summed E-state index contributed by atoms with van der Waals surface area (Å²) in [5, 5.41) is 8.33. The average Bonchev–Trinajstić information content (AvgIpc) is 3.47. The zero-order valence-electron chi connectivity index (χ0n) is 16.7. The van der Waals surface area contributed by atoms with Gasteiger partial charge in [-0.05, 0) is 50.7 Å². The summed E-state index contributed by atoms with van der Waals surface area (Å²) in [7, 11) is 3.98. The Labute approximate surface area is 176 Å². The molecule has 0 bridgehead atoms. The molecule has 0 radical (unpaired) electrons. The summed E-state index contributed by atoms with van der Waals surface area (Å²) in [4.78, 5) is 15.1. The van der Waals surface area contributed by atoms with Crippen LogP contribution in [0.4, 0.5) is 0 Å². The fourth-order valence-electron chi connectivity index (χ4n) is 3.66. The van der Waals surface area contributed by atoms with Gasteiger partial charge < -0.3 is 10.2 Å². The molecule has 0 spiro atoms. The third kappa shape index (κ3) is 4.21. The Morgan fingerprint density at radius 1 is 1.17 bits per heavy atom. The highest BCUT2D eigenvalue weighted by molar-refractivity contribution is 6.31. The first-order valence-electron chi connectivity index (χ1n) is 9.88. The number of carbonyl (C=O) groups excluding carboxylic acids is 1. The summed E-state index contributed by atoms with van der Waals surface area (Å²) in [6.45, 7) is 0.468. The Morgan fingerprint density at radius 2 is 1.86 bits per heavy atom. The van der Waals surface area contributed by atoms with Crippen molar-refractivity contribution in [2.24, 2.45) is 0 Å². The van der Waals surface area contributed by atoms with Crippen molar-refractivity contribution in [2.45, 2.75) is 24.8 Å². The maximum absolute atomic E-state index is 13.1. The van der Waals surface area contributed by atoms with Gasteiger partial charge in [0.1, 0.15) is 0 Å². The van der Waals surface area contributed by atoms with E-state index in [1.54, 1.807) is 6.20 Å². The summed E-state index contributed by atoms with van der Waals surface area (Å²) in [5.74, 6) is 0.305. The number of likely N-dealkylation sites (N-methyl/N-ethyl adjacent to an activating group) is 1. The molecule has 0 saturated heterocycles. The van der Waals surface area contributed by atoms with Crippen LogP contribution in [-0.2, 0) is 0 Å². The lowest BCUT2D eigenvalue weighted by Gasteiger charge is -2.26. The zero-order valence-corrected chi connectivity index (χ0v) is 17.4. The van der Waals surface area contributed by atoms with Crippen LogP contribution in [0.5, 0.6) is 0 Å². The fraction of sp³-hybridized carbons (Fsp3) is 0.304. The van der Waals surface area contributed by atoms with Crippen LogP contribution >= 0.6 is 11.6 Å². The van der Waals surface area contributed by atoms with Crippen LogP contribution in [0.15, 0.2) is 60.8 Å². The summed E-state index contributed by atoms with van der Waals surface area (Å²) in [6, 6.07) is 17.7. The number of hydrogen-bond acceptors (Lipinski definition) is 3. The molecular weight excluding hydrogens is 384 g/mol. The van der Waals surface area contributed by atoms with Gasteiger partial charge in [-0.25, -0.2) is 4.68 Å². The molecule has 1 amide bonds. The number of amides is 1. The first-order chi connectivity index (χ1) is 14.1. The van der Waals surface area contributed by atoms with Gasteiger partial charge in [-0.3, -0.25) is 4.79 Å². The van der Waals surface area contributed by atoms with Gasteiger partial charge in [0, 0.05) is 17.5 Å². The van der Waals surface area contributed by atoms with Crippen LogP contribution in [0, 0.1) is 0 Å². The van der Waals surface area contributed by atoms with E-state index in [4.69, 9.17) is 11.6 Å². The Kier molecular flexibility index (Phi) is 5.69.